The summed E-state index contributed by atoms with van der Waals surface area (Å²) in [5, 5.41) is 0. The van der Waals surface area contributed by atoms with Crippen molar-refractivity contribution in [1.82, 2.24) is 0 Å². The Labute approximate surface area is 102 Å². The van der Waals surface area contributed by atoms with Gasteiger partial charge in [0.15, 0.2) is 5.78 Å². The second-order valence-electron chi connectivity index (χ2n) is 3.85. The summed E-state index contributed by atoms with van der Waals surface area (Å²) in [5.41, 5.74) is 0.343. The average Bonchev–Trinajstić information content (AvgIpc) is 2.16. The zero-order chi connectivity index (χ0) is 12.3. The van der Waals surface area contributed by atoms with Gasteiger partial charge < -0.3 is 0 Å². The average molecular weight is 287 g/mol. The van der Waals surface area contributed by atoms with E-state index in [-0.39, 0.29) is 23.9 Å². The van der Waals surface area contributed by atoms with Crippen molar-refractivity contribution in [2.75, 3.05) is 0 Å². The van der Waals surface area contributed by atoms with Crippen molar-refractivity contribution < 1.29 is 14.0 Å². The lowest BCUT2D eigenvalue weighted by atomic mass is 10.00. The topological polar surface area (TPSA) is 34.1 Å². The Balaban J connectivity index is 2.85. The highest BCUT2D eigenvalue weighted by molar-refractivity contribution is 9.10. The molecule has 0 aliphatic rings. The molecule has 86 valence electrons. The van der Waals surface area contributed by atoms with Gasteiger partial charge in [0.05, 0.1) is 6.42 Å². The van der Waals surface area contributed by atoms with Gasteiger partial charge in [-0.2, -0.15) is 0 Å². The maximum Gasteiger partial charge on any atom is 0.171 e. The number of benzene rings is 1. The van der Waals surface area contributed by atoms with Gasteiger partial charge in [-0.1, -0.05) is 13.8 Å². The van der Waals surface area contributed by atoms with Gasteiger partial charge in [-0.15, -0.1) is 0 Å². The van der Waals surface area contributed by atoms with Gasteiger partial charge in [-0.25, -0.2) is 4.39 Å². The normalized spacial score (nSPS) is 10.6. The lowest BCUT2D eigenvalue weighted by Crippen LogP contribution is -2.13. The van der Waals surface area contributed by atoms with Gasteiger partial charge in [0, 0.05) is 16.0 Å². The molecule has 0 spiro atoms. The third-order valence-corrected chi connectivity index (χ3v) is 2.87. The molecule has 1 rings (SSSR count). The van der Waals surface area contributed by atoms with Crippen LogP contribution in [0.1, 0.15) is 30.6 Å². The van der Waals surface area contributed by atoms with Crippen molar-refractivity contribution in [3.05, 3.63) is 34.1 Å². The van der Waals surface area contributed by atoms with Crippen molar-refractivity contribution in [3.8, 4) is 0 Å². The number of halogens is 2. The number of hydrogen-bond donors (Lipinski definition) is 0. The molecule has 0 aromatic heterocycles. The molecule has 4 heteroatoms. The highest BCUT2D eigenvalue weighted by atomic mass is 79.9. The molecule has 0 radical (unpaired) electrons. The maximum atomic E-state index is 12.8. The van der Waals surface area contributed by atoms with E-state index in [0.29, 0.717) is 10.0 Å². The Kier molecular flexibility index (Phi) is 4.35. The summed E-state index contributed by atoms with van der Waals surface area (Å²) in [4.78, 5) is 23.1. The number of Topliss-reactive ketones (excluding diaryl/α,β-unsaturated/α-hetero) is 2. The van der Waals surface area contributed by atoms with Crippen LogP contribution >= 0.6 is 15.9 Å². The molecule has 0 fully saturated rings. The monoisotopic (exact) mass is 286 g/mol. The van der Waals surface area contributed by atoms with Crippen LogP contribution in [0.4, 0.5) is 4.39 Å². The Morgan fingerprint density at radius 3 is 2.50 bits per heavy atom. The van der Waals surface area contributed by atoms with E-state index in [0.717, 1.165) is 0 Å². The first-order chi connectivity index (χ1) is 7.41. The van der Waals surface area contributed by atoms with Gasteiger partial charge in [-0.3, -0.25) is 9.59 Å². The minimum absolute atomic E-state index is 0.110. The van der Waals surface area contributed by atoms with Crippen LogP contribution in [0.5, 0.6) is 0 Å². The Hall–Kier alpha value is -1.03. The fraction of sp³-hybridized carbons (Fsp3) is 0.333. The standard InChI is InChI=1S/C12H12BrFO2/c1-7(2)11(15)6-12(16)9-4-3-8(14)5-10(9)13/h3-5,7H,6H2,1-2H3. The van der Waals surface area contributed by atoms with Gasteiger partial charge in [0.1, 0.15) is 11.6 Å². The molecule has 16 heavy (non-hydrogen) atoms. The SMILES string of the molecule is CC(C)C(=O)CC(=O)c1ccc(F)cc1Br. The molecule has 0 amide bonds. The number of carbonyl (C=O) groups excluding carboxylic acids is 2. The second-order valence-corrected chi connectivity index (χ2v) is 4.70. The van der Waals surface area contributed by atoms with Gasteiger partial charge in [0.2, 0.25) is 0 Å². The van der Waals surface area contributed by atoms with Crippen molar-refractivity contribution >= 4 is 27.5 Å². The first-order valence-electron chi connectivity index (χ1n) is 4.92. The molecule has 0 saturated heterocycles. The largest absolute Gasteiger partial charge is 0.299 e. The maximum absolute atomic E-state index is 12.8. The van der Waals surface area contributed by atoms with E-state index in [4.69, 9.17) is 0 Å². The summed E-state index contributed by atoms with van der Waals surface area (Å²) in [7, 11) is 0. The van der Waals surface area contributed by atoms with Gasteiger partial charge in [0.25, 0.3) is 0 Å². The van der Waals surface area contributed by atoms with Crippen molar-refractivity contribution in [3.63, 3.8) is 0 Å². The minimum atomic E-state index is -0.418. The van der Waals surface area contributed by atoms with Crippen molar-refractivity contribution in [2.24, 2.45) is 5.92 Å². The number of rotatable bonds is 4. The van der Waals surface area contributed by atoms with Crippen LogP contribution in [0.25, 0.3) is 0 Å². The summed E-state index contributed by atoms with van der Waals surface area (Å²) in [6.45, 7) is 3.49. The molecule has 1 aromatic carbocycles. The summed E-state index contributed by atoms with van der Waals surface area (Å²) < 4.78 is 13.2. The van der Waals surface area contributed by atoms with E-state index in [2.05, 4.69) is 15.9 Å². The molecule has 0 aliphatic carbocycles. The summed E-state index contributed by atoms with van der Waals surface area (Å²) in [5.74, 6) is -0.978. The van der Waals surface area contributed by atoms with Crippen LogP contribution in [-0.4, -0.2) is 11.6 Å². The fourth-order valence-corrected chi connectivity index (χ4v) is 1.75. The molecule has 0 aliphatic heterocycles. The van der Waals surface area contributed by atoms with E-state index < -0.39 is 5.82 Å². The first kappa shape index (κ1) is 13.0. The van der Waals surface area contributed by atoms with Crippen LogP contribution in [0.3, 0.4) is 0 Å². The molecule has 0 bridgehead atoms. The minimum Gasteiger partial charge on any atom is -0.299 e. The van der Waals surface area contributed by atoms with E-state index in [1.165, 1.54) is 18.2 Å². The van der Waals surface area contributed by atoms with E-state index >= 15 is 0 Å². The predicted octanol–water partition coefficient (Wildman–Crippen LogP) is 3.39. The zero-order valence-electron chi connectivity index (χ0n) is 9.09. The zero-order valence-corrected chi connectivity index (χ0v) is 10.7. The molecule has 2 nitrogen and oxygen atoms in total. The van der Waals surface area contributed by atoms with Crippen LogP contribution < -0.4 is 0 Å². The van der Waals surface area contributed by atoms with Crippen LogP contribution in [0.2, 0.25) is 0 Å². The predicted molar refractivity (Wildman–Crippen MR) is 62.9 cm³/mol. The summed E-state index contributed by atoms with van der Waals surface area (Å²) >= 11 is 3.10. The van der Waals surface area contributed by atoms with E-state index in [9.17, 15) is 14.0 Å². The van der Waals surface area contributed by atoms with Crippen LogP contribution in [-0.2, 0) is 4.79 Å². The Morgan fingerprint density at radius 2 is 2.00 bits per heavy atom. The number of hydrogen-bond acceptors (Lipinski definition) is 2. The molecule has 0 heterocycles. The van der Waals surface area contributed by atoms with Crippen LogP contribution in [0.15, 0.2) is 22.7 Å². The highest BCUT2D eigenvalue weighted by Crippen LogP contribution is 2.20. The molecular weight excluding hydrogens is 275 g/mol. The molecule has 0 unspecified atom stereocenters. The van der Waals surface area contributed by atoms with Gasteiger partial charge >= 0.3 is 0 Å². The number of carbonyl (C=O) groups is 2. The van der Waals surface area contributed by atoms with Crippen molar-refractivity contribution in [1.29, 1.82) is 0 Å². The van der Waals surface area contributed by atoms with E-state index in [1.54, 1.807) is 13.8 Å². The van der Waals surface area contributed by atoms with Crippen LogP contribution in [0, 0.1) is 11.7 Å². The van der Waals surface area contributed by atoms with E-state index in [1.807, 2.05) is 0 Å². The molecule has 1 aromatic rings. The smallest absolute Gasteiger partial charge is 0.171 e. The summed E-state index contributed by atoms with van der Waals surface area (Å²) in [6.07, 6.45) is -0.137. The first-order valence-corrected chi connectivity index (χ1v) is 5.72. The molecule has 0 N–H and O–H groups in total. The third-order valence-electron chi connectivity index (χ3n) is 2.21. The molecule has 0 saturated carbocycles. The Bertz CT molecular complexity index is 427. The second kappa shape index (κ2) is 5.34. The van der Waals surface area contributed by atoms with Crippen molar-refractivity contribution in [2.45, 2.75) is 20.3 Å². The molecular formula is C12H12BrFO2. The quantitative estimate of drug-likeness (QED) is 0.628. The third kappa shape index (κ3) is 3.23. The van der Waals surface area contributed by atoms with Gasteiger partial charge in [-0.05, 0) is 34.1 Å². The lowest BCUT2D eigenvalue weighted by molar-refractivity contribution is -0.121. The summed E-state index contributed by atoms with van der Waals surface area (Å²) in [6, 6.07) is 3.81. The Morgan fingerprint density at radius 1 is 1.38 bits per heavy atom. The lowest BCUT2D eigenvalue weighted by Gasteiger charge is -2.05. The highest BCUT2D eigenvalue weighted by Gasteiger charge is 2.16. The number of ketones is 2. The molecule has 0 atom stereocenters. The fourth-order valence-electron chi connectivity index (χ4n) is 1.17.